The van der Waals surface area contributed by atoms with Gasteiger partial charge in [-0.2, -0.15) is 10.2 Å². The third-order valence-electron chi connectivity index (χ3n) is 3.82. The fourth-order valence-corrected chi connectivity index (χ4v) is 2.79. The Morgan fingerprint density at radius 1 is 1.38 bits per heavy atom. The number of rotatable bonds is 5. The first-order valence-electron chi connectivity index (χ1n) is 7.37. The highest BCUT2D eigenvalue weighted by Gasteiger charge is 2.22. The molecule has 2 aromatic heterocycles. The maximum absolute atomic E-state index is 12.1. The number of hydrogen-bond donors (Lipinski definition) is 2. The molecule has 2 aromatic rings. The molecule has 21 heavy (non-hydrogen) atoms. The Bertz CT molecular complexity index is 656. The number of carbonyl (C=O) groups is 1. The SMILES string of the molecule is Cc1nc(C)n(CCCNC(=O)c2n[nH]c3c2CCC3)n1. The van der Waals surface area contributed by atoms with Crippen molar-refractivity contribution in [2.24, 2.45) is 0 Å². The van der Waals surface area contributed by atoms with Gasteiger partial charge in [-0.3, -0.25) is 14.6 Å². The molecule has 1 amide bonds. The first-order valence-corrected chi connectivity index (χ1v) is 7.37. The molecule has 0 radical (unpaired) electrons. The molecule has 0 saturated heterocycles. The van der Waals surface area contributed by atoms with Crippen LogP contribution >= 0.6 is 0 Å². The van der Waals surface area contributed by atoms with Crippen LogP contribution in [-0.4, -0.2) is 37.4 Å². The maximum Gasteiger partial charge on any atom is 0.272 e. The zero-order chi connectivity index (χ0) is 14.8. The topological polar surface area (TPSA) is 88.5 Å². The highest BCUT2D eigenvalue weighted by molar-refractivity contribution is 5.94. The largest absolute Gasteiger partial charge is 0.351 e. The minimum absolute atomic E-state index is 0.0825. The second-order valence-corrected chi connectivity index (χ2v) is 5.42. The molecule has 0 atom stereocenters. The van der Waals surface area contributed by atoms with Crippen LogP contribution in [0.2, 0.25) is 0 Å². The van der Waals surface area contributed by atoms with Crippen molar-refractivity contribution in [1.29, 1.82) is 0 Å². The molecule has 7 heteroatoms. The number of fused-ring (bicyclic) bond motifs is 1. The first-order chi connectivity index (χ1) is 10.1. The first kappa shape index (κ1) is 13.8. The van der Waals surface area contributed by atoms with Crippen molar-refractivity contribution < 1.29 is 4.79 Å². The smallest absolute Gasteiger partial charge is 0.272 e. The van der Waals surface area contributed by atoms with Crippen molar-refractivity contribution in [2.75, 3.05) is 6.54 Å². The normalized spacial score (nSPS) is 13.4. The summed E-state index contributed by atoms with van der Waals surface area (Å²) in [6.45, 7) is 5.18. The predicted molar refractivity (Wildman–Crippen MR) is 77.1 cm³/mol. The van der Waals surface area contributed by atoms with E-state index in [9.17, 15) is 4.79 Å². The van der Waals surface area contributed by atoms with Gasteiger partial charge in [0.25, 0.3) is 5.91 Å². The molecule has 2 heterocycles. The van der Waals surface area contributed by atoms with Crippen LogP contribution < -0.4 is 5.32 Å². The number of carbonyl (C=O) groups excluding carboxylic acids is 1. The van der Waals surface area contributed by atoms with Crippen LogP contribution in [0.1, 0.15) is 46.2 Å². The van der Waals surface area contributed by atoms with Gasteiger partial charge in [0, 0.05) is 24.3 Å². The lowest BCUT2D eigenvalue weighted by Gasteiger charge is -2.05. The average Bonchev–Trinajstić information content (AvgIpc) is 3.10. The Hall–Kier alpha value is -2.18. The second kappa shape index (κ2) is 5.67. The third-order valence-corrected chi connectivity index (χ3v) is 3.82. The lowest BCUT2D eigenvalue weighted by atomic mass is 10.2. The molecular formula is C14H20N6O. The van der Waals surface area contributed by atoms with Gasteiger partial charge < -0.3 is 5.32 Å². The van der Waals surface area contributed by atoms with Crippen molar-refractivity contribution in [3.63, 3.8) is 0 Å². The van der Waals surface area contributed by atoms with Crippen molar-refractivity contribution in [3.05, 3.63) is 28.6 Å². The molecule has 0 aliphatic heterocycles. The molecule has 0 saturated carbocycles. The minimum atomic E-state index is -0.0825. The average molecular weight is 288 g/mol. The standard InChI is InChI=1S/C14H20N6O/c1-9-16-10(2)20(19-9)8-4-7-15-14(21)13-11-5-3-6-12(11)17-18-13/h3-8H2,1-2H3,(H,15,21)(H,17,18). The van der Waals surface area contributed by atoms with E-state index in [1.54, 1.807) is 0 Å². The fourth-order valence-electron chi connectivity index (χ4n) is 2.79. The molecule has 1 aliphatic rings. The molecule has 0 spiro atoms. The quantitative estimate of drug-likeness (QED) is 0.801. The molecule has 0 fully saturated rings. The van der Waals surface area contributed by atoms with Crippen LogP contribution in [0.3, 0.4) is 0 Å². The minimum Gasteiger partial charge on any atom is -0.351 e. The van der Waals surface area contributed by atoms with E-state index in [-0.39, 0.29) is 5.91 Å². The van der Waals surface area contributed by atoms with E-state index in [0.717, 1.165) is 55.1 Å². The summed E-state index contributed by atoms with van der Waals surface area (Å²) in [5.74, 6) is 1.61. The van der Waals surface area contributed by atoms with Crippen LogP contribution in [0.25, 0.3) is 0 Å². The third kappa shape index (κ3) is 2.81. The van der Waals surface area contributed by atoms with Crippen molar-refractivity contribution in [3.8, 4) is 0 Å². The number of H-pyrrole nitrogens is 1. The van der Waals surface area contributed by atoms with E-state index in [0.29, 0.717) is 12.2 Å². The van der Waals surface area contributed by atoms with Crippen LogP contribution in [-0.2, 0) is 19.4 Å². The van der Waals surface area contributed by atoms with Gasteiger partial charge in [0.1, 0.15) is 11.6 Å². The van der Waals surface area contributed by atoms with Crippen molar-refractivity contribution >= 4 is 5.91 Å². The number of nitrogens with one attached hydrogen (secondary N) is 2. The molecule has 0 unspecified atom stereocenters. The summed E-state index contributed by atoms with van der Waals surface area (Å²) >= 11 is 0. The molecule has 112 valence electrons. The van der Waals surface area contributed by atoms with E-state index in [1.807, 2.05) is 18.5 Å². The van der Waals surface area contributed by atoms with E-state index >= 15 is 0 Å². The fraction of sp³-hybridized carbons (Fsp3) is 0.571. The number of aromatic nitrogens is 5. The Balaban J connectivity index is 1.49. The van der Waals surface area contributed by atoms with E-state index in [2.05, 4.69) is 25.6 Å². The molecular weight excluding hydrogens is 268 g/mol. The maximum atomic E-state index is 12.1. The number of hydrogen-bond acceptors (Lipinski definition) is 4. The van der Waals surface area contributed by atoms with E-state index in [1.165, 1.54) is 0 Å². The lowest BCUT2D eigenvalue weighted by molar-refractivity contribution is 0.0946. The van der Waals surface area contributed by atoms with Gasteiger partial charge in [0.2, 0.25) is 0 Å². The highest BCUT2D eigenvalue weighted by atomic mass is 16.1. The summed E-state index contributed by atoms with van der Waals surface area (Å²) in [5.41, 5.74) is 2.78. The van der Waals surface area contributed by atoms with Gasteiger partial charge in [-0.1, -0.05) is 0 Å². The Morgan fingerprint density at radius 2 is 2.24 bits per heavy atom. The number of aryl methyl sites for hydroxylation is 4. The van der Waals surface area contributed by atoms with Crippen molar-refractivity contribution in [2.45, 2.75) is 46.1 Å². The van der Waals surface area contributed by atoms with Crippen LogP contribution in [0, 0.1) is 13.8 Å². The van der Waals surface area contributed by atoms with E-state index < -0.39 is 0 Å². The zero-order valence-corrected chi connectivity index (χ0v) is 12.4. The molecule has 0 aromatic carbocycles. The molecule has 1 aliphatic carbocycles. The number of amides is 1. The highest BCUT2D eigenvalue weighted by Crippen LogP contribution is 2.22. The van der Waals surface area contributed by atoms with Crippen LogP contribution in [0.4, 0.5) is 0 Å². The van der Waals surface area contributed by atoms with Crippen LogP contribution in [0.5, 0.6) is 0 Å². The van der Waals surface area contributed by atoms with Gasteiger partial charge in [-0.05, 0) is 39.5 Å². The molecule has 3 rings (SSSR count). The lowest BCUT2D eigenvalue weighted by Crippen LogP contribution is -2.26. The van der Waals surface area contributed by atoms with E-state index in [4.69, 9.17) is 0 Å². The second-order valence-electron chi connectivity index (χ2n) is 5.42. The summed E-state index contributed by atoms with van der Waals surface area (Å²) in [6, 6.07) is 0. The Labute approximate surface area is 123 Å². The Morgan fingerprint density at radius 3 is 3.00 bits per heavy atom. The summed E-state index contributed by atoms with van der Waals surface area (Å²) in [6.07, 6.45) is 3.88. The van der Waals surface area contributed by atoms with Gasteiger partial charge in [0.15, 0.2) is 5.69 Å². The van der Waals surface area contributed by atoms with Gasteiger partial charge in [0.05, 0.1) is 0 Å². The summed E-state index contributed by atoms with van der Waals surface area (Å²) in [5, 5.41) is 14.3. The Kier molecular flexibility index (Phi) is 3.72. The van der Waals surface area contributed by atoms with Crippen molar-refractivity contribution in [1.82, 2.24) is 30.3 Å². The number of nitrogens with zero attached hydrogens (tertiary/aromatic N) is 4. The van der Waals surface area contributed by atoms with Crippen LogP contribution in [0.15, 0.2) is 0 Å². The predicted octanol–water partition coefficient (Wildman–Crippen LogP) is 0.927. The molecule has 7 nitrogen and oxygen atoms in total. The number of aromatic amines is 1. The molecule has 0 bridgehead atoms. The monoisotopic (exact) mass is 288 g/mol. The molecule has 2 N–H and O–H groups in total. The summed E-state index contributed by atoms with van der Waals surface area (Å²) < 4.78 is 1.87. The van der Waals surface area contributed by atoms with Gasteiger partial charge in [-0.15, -0.1) is 0 Å². The van der Waals surface area contributed by atoms with Gasteiger partial charge in [-0.25, -0.2) is 4.98 Å². The summed E-state index contributed by atoms with van der Waals surface area (Å²) in [4.78, 5) is 16.4. The zero-order valence-electron chi connectivity index (χ0n) is 12.4. The van der Waals surface area contributed by atoms with Gasteiger partial charge >= 0.3 is 0 Å². The summed E-state index contributed by atoms with van der Waals surface area (Å²) in [7, 11) is 0.